The Kier molecular flexibility index (Phi) is 7.10. The topological polar surface area (TPSA) is 58.3 Å². The fourth-order valence-electron chi connectivity index (χ4n) is 3.86. The number of piperazine rings is 1. The molecule has 2 N–H and O–H groups in total. The first-order valence-electron chi connectivity index (χ1n) is 8.83. The highest BCUT2D eigenvalue weighted by Gasteiger charge is 2.29. The molecule has 0 amide bonds. The van der Waals surface area contributed by atoms with E-state index in [0.717, 1.165) is 37.7 Å². The Morgan fingerprint density at radius 3 is 2.33 bits per heavy atom. The molecule has 4 rings (SSSR count). The van der Waals surface area contributed by atoms with Crippen LogP contribution < -0.4 is 10.6 Å². The van der Waals surface area contributed by atoms with E-state index in [2.05, 4.69) is 25.8 Å². The number of nitrogens with two attached hydrogens (primary N) is 1. The Labute approximate surface area is 157 Å². The van der Waals surface area contributed by atoms with Gasteiger partial charge in [0.1, 0.15) is 12.1 Å². The van der Waals surface area contributed by atoms with Crippen LogP contribution >= 0.6 is 24.8 Å². The van der Waals surface area contributed by atoms with Crippen LogP contribution in [0.2, 0.25) is 0 Å². The van der Waals surface area contributed by atoms with Crippen molar-refractivity contribution in [1.82, 2.24) is 14.9 Å². The van der Waals surface area contributed by atoms with E-state index < -0.39 is 0 Å². The summed E-state index contributed by atoms with van der Waals surface area (Å²) in [6.45, 7) is 5.83. The second-order valence-corrected chi connectivity index (χ2v) is 7.31. The third-order valence-corrected chi connectivity index (χ3v) is 5.70. The minimum atomic E-state index is 0. The number of halogens is 2. The SMILES string of the molecule is Cl.Cl.NC1CC(c2cc(N3CCN(CC4CCC4)CC3)ncn2)C1. The molecule has 3 fully saturated rings. The molecule has 3 aliphatic rings. The molecule has 2 heterocycles. The molecule has 0 spiro atoms. The monoisotopic (exact) mass is 373 g/mol. The van der Waals surface area contributed by atoms with Crippen molar-refractivity contribution in [1.29, 1.82) is 0 Å². The zero-order valence-electron chi connectivity index (χ0n) is 14.1. The maximum Gasteiger partial charge on any atom is 0.132 e. The van der Waals surface area contributed by atoms with Crippen molar-refractivity contribution in [2.45, 2.75) is 44.1 Å². The number of hydrogen-bond acceptors (Lipinski definition) is 5. The predicted molar refractivity (Wildman–Crippen MR) is 102 cm³/mol. The van der Waals surface area contributed by atoms with Gasteiger partial charge in [-0.2, -0.15) is 0 Å². The van der Waals surface area contributed by atoms with Crippen LogP contribution in [-0.4, -0.2) is 53.6 Å². The van der Waals surface area contributed by atoms with E-state index in [1.165, 1.54) is 44.6 Å². The van der Waals surface area contributed by atoms with Gasteiger partial charge in [0.15, 0.2) is 0 Å². The van der Waals surface area contributed by atoms with Crippen molar-refractivity contribution in [3.63, 3.8) is 0 Å². The number of rotatable bonds is 4. The van der Waals surface area contributed by atoms with Gasteiger partial charge >= 0.3 is 0 Å². The average molecular weight is 374 g/mol. The molecule has 24 heavy (non-hydrogen) atoms. The number of anilines is 1. The van der Waals surface area contributed by atoms with E-state index >= 15 is 0 Å². The number of hydrogen-bond donors (Lipinski definition) is 1. The molecule has 0 aromatic carbocycles. The molecule has 1 saturated heterocycles. The van der Waals surface area contributed by atoms with Crippen molar-refractivity contribution in [3.05, 3.63) is 18.1 Å². The third kappa shape index (κ3) is 4.31. The van der Waals surface area contributed by atoms with Crippen LogP contribution in [0.15, 0.2) is 12.4 Å². The minimum Gasteiger partial charge on any atom is -0.354 e. The zero-order chi connectivity index (χ0) is 14.9. The molecule has 7 heteroatoms. The van der Waals surface area contributed by atoms with Gasteiger partial charge in [-0.25, -0.2) is 9.97 Å². The van der Waals surface area contributed by atoms with Crippen LogP contribution in [0.5, 0.6) is 0 Å². The Morgan fingerprint density at radius 1 is 1.04 bits per heavy atom. The summed E-state index contributed by atoms with van der Waals surface area (Å²) in [6.07, 6.45) is 8.21. The Bertz CT molecular complexity index is 511. The molecular formula is C17H29Cl2N5. The molecule has 0 atom stereocenters. The van der Waals surface area contributed by atoms with Crippen molar-refractivity contribution in [2.75, 3.05) is 37.6 Å². The number of aromatic nitrogens is 2. The van der Waals surface area contributed by atoms with Gasteiger partial charge in [-0.3, -0.25) is 4.90 Å². The lowest BCUT2D eigenvalue weighted by Crippen LogP contribution is -2.48. The molecule has 2 saturated carbocycles. The maximum atomic E-state index is 5.90. The first kappa shape index (κ1) is 19.7. The standard InChI is InChI=1S/C17H27N5.2ClH/c18-15-8-14(9-15)16-10-17(20-12-19-16)22-6-4-21(5-7-22)11-13-2-1-3-13;;/h10,12-15H,1-9,11,18H2;2*1H. The van der Waals surface area contributed by atoms with Crippen molar-refractivity contribution < 1.29 is 0 Å². The molecule has 0 radical (unpaired) electrons. The first-order valence-corrected chi connectivity index (χ1v) is 8.83. The van der Waals surface area contributed by atoms with Gasteiger partial charge in [-0.1, -0.05) is 6.42 Å². The fourth-order valence-corrected chi connectivity index (χ4v) is 3.86. The average Bonchev–Trinajstić information content (AvgIpc) is 2.49. The van der Waals surface area contributed by atoms with E-state index in [4.69, 9.17) is 5.73 Å². The van der Waals surface area contributed by atoms with Gasteiger partial charge in [-0.05, 0) is 31.6 Å². The van der Waals surface area contributed by atoms with E-state index in [9.17, 15) is 0 Å². The van der Waals surface area contributed by atoms with Crippen LogP contribution in [0.3, 0.4) is 0 Å². The quantitative estimate of drug-likeness (QED) is 0.877. The second-order valence-electron chi connectivity index (χ2n) is 7.31. The maximum absolute atomic E-state index is 5.90. The van der Waals surface area contributed by atoms with E-state index in [1.807, 2.05) is 0 Å². The lowest BCUT2D eigenvalue weighted by Gasteiger charge is -2.39. The summed E-state index contributed by atoms with van der Waals surface area (Å²) in [6, 6.07) is 2.57. The number of nitrogens with zero attached hydrogens (tertiary/aromatic N) is 4. The summed E-state index contributed by atoms with van der Waals surface area (Å²) in [5.41, 5.74) is 7.08. The van der Waals surface area contributed by atoms with Gasteiger partial charge in [-0.15, -0.1) is 24.8 Å². The summed E-state index contributed by atoms with van der Waals surface area (Å²) < 4.78 is 0. The van der Waals surface area contributed by atoms with Crippen molar-refractivity contribution in [3.8, 4) is 0 Å². The van der Waals surface area contributed by atoms with E-state index in [-0.39, 0.29) is 24.8 Å². The first-order chi connectivity index (χ1) is 10.8. The van der Waals surface area contributed by atoms with E-state index in [0.29, 0.717) is 12.0 Å². The van der Waals surface area contributed by atoms with Crippen LogP contribution in [0.1, 0.15) is 43.7 Å². The van der Waals surface area contributed by atoms with Crippen LogP contribution in [0.25, 0.3) is 0 Å². The minimum absolute atomic E-state index is 0. The van der Waals surface area contributed by atoms with Gasteiger partial charge < -0.3 is 10.6 Å². The summed E-state index contributed by atoms with van der Waals surface area (Å²) in [7, 11) is 0. The highest BCUT2D eigenvalue weighted by molar-refractivity contribution is 5.85. The summed E-state index contributed by atoms with van der Waals surface area (Å²) >= 11 is 0. The molecular weight excluding hydrogens is 345 g/mol. The largest absolute Gasteiger partial charge is 0.354 e. The zero-order valence-corrected chi connectivity index (χ0v) is 15.8. The summed E-state index contributed by atoms with van der Waals surface area (Å²) in [5.74, 6) is 2.63. The molecule has 2 aliphatic carbocycles. The summed E-state index contributed by atoms with van der Waals surface area (Å²) in [5, 5.41) is 0. The molecule has 5 nitrogen and oxygen atoms in total. The molecule has 0 unspecified atom stereocenters. The smallest absolute Gasteiger partial charge is 0.132 e. The normalized spacial score (nSPS) is 27.5. The lowest BCUT2D eigenvalue weighted by molar-refractivity contribution is 0.170. The summed E-state index contributed by atoms with van der Waals surface area (Å²) in [4.78, 5) is 14.0. The van der Waals surface area contributed by atoms with Crippen LogP contribution in [-0.2, 0) is 0 Å². The molecule has 0 bridgehead atoms. The molecule has 136 valence electrons. The lowest BCUT2D eigenvalue weighted by atomic mass is 9.78. The van der Waals surface area contributed by atoms with Crippen LogP contribution in [0.4, 0.5) is 5.82 Å². The van der Waals surface area contributed by atoms with E-state index in [1.54, 1.807) is 6.33 Å². The highest BCUT2D eigenvalue weighted by atomic mass is 35.5. The Morgan fingerprint density at radius 2 is 1.75 bits per heavy atom. The fraction of sp³-hybridized carbons (Fsp3) is 0.765. The third-order valence-electron chi connectivity index (χ3n) is 5.70. The Balaban J connectivity index is 0.00000104. The van der Waals surface area contributed by atoms with Gasteiger partial charge in [0.25, 0.3) is 0 Å². The van der Waals surface area contributed by atoms with Gasteiger partial charge in [0.2, 0.25) is 0 Å². The molecule has 1 aromatic heterocycles. The molecule has 1 aliphatic heterocycles. The van der Waals surface area contributed by atoms with Crippen molar-refractivity contribution >= 4 is 30.6 Å². The predicted octanol–water partition coefficient (Wildman–Crippen LogP) is 2.45. The van der Waals surface area contributed by atoms with Crippen molar-refractivity contribution in [2.24, 2.45) is 11.7 Å². The molecule has 1 aromatic rings. The van der Waals surface area contributed by atoms with Gasteiger partial charge in [0, 0.05) is 56.4 Å². The Hall–Kier alpha value is -0.620. The highest BCUT2D eigenvalue weighted by Crippen LogP contribution is 2.35. The van der Waals surface area contributed by atoms with Gasteiger partial charge in [0.05, 0.1) is 0 Å². The van der Waals surface area contributed by atoms with Crippen LogP contribution in [0, 0.1) is 5.92 Å². The second kappa shape index (κ2) is 8.65.